The minimum atomic E-state index is -4.07. The molecule has 0 N–H and O–H groups in total. The summed E-state index contributed by atoms with van der Waals surface area (Å²) in [4.78, 5) is 17.2. The van der Waals surface area contributed by atoms with Gasteiger partial charge in [0, 0.05) is 49.0 Å². The smallest absolute Gasteiger partial charge is 0.269 e. The highest BCUT2D eigenvalue weighted by Gasteiger charge is 2.24. The molecule has 0 amide bonds. The van der Waals surface area contributed by atoms with Crippen LogP contribution in [0, 0.1) is 16.5 Å². The number of nitroso groups, excluding NO2 is 1. The van der Waals surface area contributed by atoms with Crippen LogP contribution in [0.15, 0.2) is 108 Å². The second-order valence-corrected chi connectivity index (χ2v) is 10.8. The molecular weight excluding hydrogens is 524 g/mol. The van der Waals surface area contributed by atoms with Gasteiger partial charge < -0.3 is 0 Å². The van der Waals surface area contributed by atoms with E-state index in [2.05, 4.69) is 10.3 Å². The van der Waals surface area contributed by atoms with Gasteiger partial charge in [-0.3, -0.25) is 9.88 Å². The predicted octanol–water partition coefficient (Wildman–Crippen LogP) is 5.70. The largest absolute Gasteiger partial charge is 0.298 e. The number of aromatic nitrogens is 3. The van der Waals surface area contributed by atoms with Crippen molar-refractivity contribution in [2.75, 3.05) is 7.05 Å². The lowest BCUT2D eigenvalue weighted by atomic mass is 10.1. The second kappa shape index (κ2) is 10.7. The SMILES string of the molecule is CN(Cc1cc(-c2ccccc2F)n(N=O)c1)Cc1cc(-c2ccccc2F)n(S(=O)(=O)c2cccnc2)c1. The van der Waals surface area contributed by atoms with Crippen LogP contribution in [0.25, 0.3) is 22.5 Å². The molecule has 11 heteroatoms. The zero-order chi connectivity index (χ0) is 27.6. The summed E-state index contributed by atoms with van der Waals surface area (Å²) in [5.74, 6) is -1.03. The van der Waals surface area contributed by atoms with Gasteiger partial charge in [-0.05, 0) is 66.7 Å². The van der Waals surface area contributed by atoms with Crippen molar-refractivity contribution in [3.63, 3.8) is 0 Å². The van der Waals surface area contributed by atoms with Crippen LogP contribution >= 0.6 is 0 Å². The fourth-order valence-corrected chi connectivity index (χ4v) is 5.83. The fraction of sp³-hybridized carbons (Fsp3) is 0.107. The van der Waals surface area contributed by atoms with Gasteiger partial charge in [0.1, 0.15) is 16.5 Å². The maximum atomic E-state index is 14.8. The molecule has 0 bridgehead atoms. The first kappa shape index (κ1) is 26.1. The molecule has 3 heterocycles. The molecule has 0 aliphatic rings. The maximum absolute atomic E-state index is 14.8. The third-order valence-electron chi connectivity index (χ3n) is 6.18. The molecular formula is C28H23F2N5O3S. The summed E-state index contributed by atoms with van der Waals surface area (Å²) in [6, 6.07) is 18.3. The fourth-order valence-electron chi connectivity index (χ4n) is 4.47. The standard InChI is InChI=1S/C28H23F2N5O3S/c1-33(16-20-13-27(34(18-20)32-36)23-8-2-4-10-25(23)29)17-21-14-28(24-9-3-5-11-26(24)30)35(19-21)39(37,38)22-7-6-12-31-15-22/h2-15,18-19H,16-17H2,1H3. The van der Waals surface area contributed by atoms with Gasteiger partial charge in [0.15, 0.2) is 0 Å². The number of pyridine rings is 1. The monoisotopic (exact) mass is 547 g/mol. The molecule has 0 atom stereocenters. The topological polar surface area (TPSA) is 89.6 Å². The third kappa shape index (κ3) is 5.27. The molecule has 39 heavy (non-hydrogen) atoms. The Morgan fingerprint density at radius 3 is 2.03 bits per heavy atom. The Labute approximate surface area is 223 Å². The zero-order valence-electron chi connectivity index (χ0n) is 20.8. The van der Waals surface area contributed by atoms with Gasteiger partial charge >= 0.3 is 0 Å². The molecule has 0 fully saturated rings. The van der Waals surface area contributed by atoms with E-state index in [4.69, 9.17) is 0 Å². The number of nitrogens with zero attached hydrogens (tertiary/aromatic N) is 5. The lowest BCUT2D eigenvalue weighted by Crippen LogP contribution is -2.17. The third-order valence-corrected chi connectivity index (χ3v) is 7.84. The van der Waals surface area contributed by atoms with Gasteiger partial charge in [-0.1, -0.05) is 24.3 Å². The molecule has 2 aromatic carbocycles. The Kier molecular flexibility index (Phi) is 7.18. The van der Waals surface area contributed by atoms with E-state index in [1.807, 2.05) is 11.9 Å². The Morgan fingerprint density at radius 2 is 1.44 bits per heavy atom. The number of hydrogen-bond acceptors (Lipinski definition) is 6. The second-order valence-electron chi connectivity index (χ2n) is 9.01. The first-order valence-electron chi connectivity index (χ1n) is 11.9. The summed E-state index contributed by atoms with van der Waals surface area (Å²) in [5, 5.41) is 2.98. The molecule has 0 aliphatic heterocycles. The molecule has 0 aliphatic carbocycles. The van der Waals surface area contributed by atoms with Crippen LogP contribution in [-0.2, 0) is 23.1 Å². The first-order valence-corrected chi connectivity index (χ1v) is 13.3. The van der Waals surface area contributed by atoms with E-state index in [-0.39, 0.29) is 21.7 Å². The molecule has 5 rings (SSSR count). The van der Waals surface area contributed by atoms with Gasteiger partial charge in [-0.25, -0.2) is 25.8 Å². The maximum Gasteiger partial charge on any atom is 0.269 e. The molecule has 3 aromatic heterocycles. The minimum Gasteiger partial charge on any atom is -0.298 e. The van der Waals surface area contributed by atoms with Gasteiger partial charge in [-0.2, -0.15) is 0 Å². The summed E-state index contributed by atoms with van der Waals surface area (Å²) >= 11 is 0. The molecule has 0 saturated carbocycles. The van der Waals surface area contributed by atoms with Crippen LogP contribution in [-0.4, -0.2) is 34.0 Å². The summed E-state index contributed by atoms with van der Waals surface area (Å²) in [6.07, 6.45) is 5.70. The van der Waals surface area contributed by atoms with E-state index in [0.717, 1.165) is 8.65 Å². The minimum absolute atomic E-state index is 0.0264. The van der Waals surface area contributed by atoms with Crippen molar-refractivity contribution < 1.29 is 17.2 Å². The van der Waals surface area contributed by atoms with Crippen molar-refractivity contribution in [1.82, 2.24) is 18.5 Å². The molecule has 0 radical (unpaired) electrons. The van der Waals surface area contributed by atoms with Crippen LogP contribution in [0.3, 0.4) is 0 Å². The molecule has 0 saturated heterocycles. The van der Waals surface area contributed by atoms with Crippen molar-refractivity contribution in [3.8, 4) is 22.5 Å². The van der Waals surface area contributed by atoms with E-state index >= 15 is 0 Å². The lowest BCUT2D eigenvalue weighted by molar-refractivity contribution is 0.319. The van der Waals surface area contributed by atoms with Crippen molar-refractivity contribution in [2.45, 2.75) is 18.0 Å². The summed E-state index contributed by atoms with van der Waals surface area (Å²) in [6.45, 7) is 0.644. The van der Waals surface area contributed by atoms with Crippen molar-refractivity contribution in [3.05, 3.63) is 125 Å². The highest BCUT2D eigenvalue weighted by molar-refractivity contribution is 7.90. The van der Waals surface area contributed by atoms with Crippen LogP contribution < -0.4 is 0 Å². The molecule has 198 valence electrons. The van der Waals surface area contributed by atoms with Crippen LogP contribution in [0.4, 0.5) is 8.78 Å². The average molecular weight is 548 g/mol. The van der Waals surface area contributed by atoms with E-state index in [9.17, 15) is 22.1 Å². The van der Waals surface area contributed by atoms with Crippen LogP contribution in [0.5, 0.6) is 0 Å². The Morgan fingerprint density at radius 1 is 0.846 bits per heavy atom. The number of rotatable bonds is 9. The summed E-state index contributed by atoms with van der Waals surface area (Å²) < 4.78 is 58.2. The van der Waals surface area contributed by atoms with Crippen LogP contribution in [0.1, 0.15) is 11.1 Å². The van der Waals surface area contributed by atoms with Gasteiger partial charge in [0.05, 0.1) is 16.7 Å². The highest BCUT2D eigenvalue weighted by Crippen LogP contribution is 2.30. The normalized spacial score (nSPS) is 11.7. The molecule has 0 spiro atoms. The van der Waals surface area contributed by atoms with Gasteiger partial charge in [0.25, 0.3) is 10.0 Å². The van der Waals surface area contributed by atoms with E-state index in [1.54, 1.807) is 36.4 Å². The Balaban J connectivity index is 1.46. The number of hydrogen-bond donors (Lipinski definition) is 0. The van der Waals surface area contributed by atoms with Crippen molar-refractivity contribution in [2.24, 2.45) is 5.29 Å². The summed E-state index contributed by atoms with van der Waals surface area (Å²) in [5.41, 5.74) is 2.21. The number of halogens is 2. The van der Waals surface area contributed by atoms with Gasteiger partial charge in [-0.15, -0.1) is 4.91 Å². The van der Waals surface area contributed by atoms with Crippen molar-refractivity contribution in [1.29, 1.82) is 0 Å². The van der Waals surface area contributed by atoms with E-state index < -0.39 is 21.7 Å². The molecule has 5 aromatic rings. The predicted molar refractivity (Wildman–Crippen MR) is 143 cm³/mol. The quantitative estimate of drug-likeness (QED) is 0.221. The van der Waals surface area contributed by atoms with E-state index in [0.29, 0.717) is 29.9 Å². The number of benzene rings is 2. The van der Waals surface area contributed by atoms with E-state index in [1.165, 1.54) is 61.2 Å². The first-order chi connectivity index (χ1) is 18.8. The van der Waals surface area contributed by atoms with Gasteiger partial charge in [0.2, 0.25) is 0 Å². The van der Waals surface area contributed by atoms with Crippen LogP contribution in [0.2, 0.25) is 0 Å². The Bertz CT molecular complexity index is 1750. The van der Waals surface area contributed by atoms with Crippen molar-refractivity contribution >= 4 is 10.0 Å². The Hall–Kier alpha value is -4.48. The lowest BCUT2D eigenvalue weighted by Gasteiger charge is -2.14. The molecule has 8 nitrogen and oxygen atoms in total. The summed E-state index contributed by atoms with van der Waals surface area (Å²) in [7, 11) is -2.26. The average Bonchev–Trinajstić information content (AvgIpc) is 3.54. The highest BCUT2D eigenvalue weighted by atomic mass is 32.2. The zero-order valence-corrected chi connectivity index (χ0v) is 21.6. The molecule has 0 unspecified atom stereocenters.